The van der Waals surface area contributed by atoms with E-state index in [9.17, 15) is 4.79 Å². The molecule has 1 aromatic carbocycles. The molecular formula is C19H26N4O3. The highest BCUT2D eigenvalue weighted by atomic mass is 16.5. The number of hydrogen-bond donors (Lipinski definition) is 1. The summed E-state index contributed by atoms with van der Waals surface area (Å²) < 4.78 is 11.1. The Morgan fingerprint density at radius 3 is 2.88 bits per heavy atom. The van der Waals surface area contributed by atoms with Gasteiger partial charge in [0.15, 0.2) is 0 Å². The summed E-state index contributed by atoms with van der Waals surface area (Å²) in [7, 11) is 1.81. The third kappa shape index (κ3) is 4.60. The quantitative estimate of drug-likeness (QED) is 0.850. The first-order valence-electron chi connectivity index (χ1n) is 9.08. The second-order valence-corrected chi connectivity index (χ2v) is 6.78. The van der Waals surface area contributed by atoms with Crippen LogP contribution >= 0.6 is 0 Å². The van der Waals surface area contributed by atoms with Gasteiger partial charge in [-0.25, -0.2) is 4.79 Å². The predicted molar refractivity (Wildman–Crippen MR) is 99.1 cm³/mol. The van der Waals surface area contributed by atoms with Gasteiger partial charge in [0.2, 0.25) is 11.8 Å². The van der Waals surface area contributed by atoms with Crippen LogP contribution in [0.4, 0.5) is 10.5 Å². The second-order valence-electron chi connectivity index (χ2n) is 6.78. The fraction of sp³-hybridized carbons (Fsp3) is 0.526. The molecule has 1 aromatic heterocycles. The molecule has 7 nitrogen and oxygen atoms in total. The summed E-state index contributed by atoms with van der Waals surface area (Å²) in [5, 5.41) is 10.8. The Morgan fingerprint density at radius 1 is 1.35 bits per heavy atom. The molecule has 0 bridgehead atoms. The van der Waals surface area contributed by atoms with E-state index in [0.717, 1.165) is 49.1 Å². The topological polar surface area (TPSA) is 80.5 Å². The zero-order chi connectivity index (χ0) is 18.5. The van der Waals surface area contributed by atoms with E-state index >= 15 is 0 Å². The van der Waals surface area contributed by atoms with Crippen LogP contribution in [0, 0.1) is 13.8 Å². The molecule has 26 heavy (non-hydrogen) atoms. The first-order valence-corrected chi connectivity index (χ1v) is 9.08. The standard InChI is InChI=1S/C19H26N4O3/c1-13-8-9-15(18-22-21-14(2)26-18)12-17(13)20-19(24)23(3)10-4-6-16-7-5-11-25-16/h8-9,12,16H,4-7,10-11H2,1-3H3,(H,20,24)/t16-/m0/s1. The largest absolute Gasteiger partial charge is 0.421 e. The summed E-state index contributed by atoms with van der Waals surface area (Å²) in [6.07, 6.45) is 4.59. The van der Waals surface area contributed by atoms with E-state index in [2.05, 4.69) is 15.5 Å². The number of urea groups is 1. The van der Waals surface area contributed by atoms with Gasteiger partial charge in [-0.2, -0.15) is 0 Å². The number of aryl methyl sites for hydroxylation is 2. The van der Waals surface area contributed by atoms with Crippen LogP contribution in [0.1, 0.15) is 37.1 Å². The van der Waals surface area contributed by atoms with Crippen LogP contribution in [0.25, 0.3) is 11.5 Å². The molecule has 1 N–H and O–H groups in total. The van der Waals surface area contributed by atoms with Crippen molar-refractivity contribution in [1.29, 1.82) is 0 Å². The summed E-state index contributed by atoms with van der Waals surface area (Å²) >= 11 is 0. The number of nitrogens with one attached hydrogen (secondary N) is 1. The number of nitrogens with zero attached hydrogens (tertiary/aromatic N) is 3. The highest BCUT2D eigenvalue weighted by molar-refractivity contribution is 5.90. The smallest absolute Gasteiger partial charge is 0.321 e. The van der Waals surface area contributed by atoms with E-state index in [-0.39, 0.29) is 6.03 Å². The molecule has 2 amide bonds. The van der Waals surface area contributed by atoms with Crippen LogP contribution in [-0.4, -0.2) is 47.4 Å². The highest BCUT2D eigenvalue weighted by Gasteiger charge is 2.17. The molecule has 2 aromatic rings. The van der Waals surface area contributed by atoms with Crippen molar-refractivity contribution in [3.63, 3.8) is 0 Å². The zero-order valence-electron chi connectivity index (χ0n) is 15.6. The van der Waals surface area contributed by atoms with Crippen LogP contribution in [-0.2, 0) is 4.74 Å². The van der Waals surface area contributed by atoms with Gasteiger partial charge < -0.3 is 19.4 Å². The van der Waals surface area contributed by atoms with Crippen LogP contribution in [0.15, 0.2) is 22.6 Å². The molecule has 1 atom stereocenters. The Morgan fingerprint density at radius 2 is 2.19 bits per heavy atom. The van der Waals surface area contributed by atoms with E-state index in [1.807, 2.05) is 32.2 Å². The lowest BCUT2D eigenvalue weighted by molar-refractivity contribution is 0.101. The molecule has 1 saturated heterocycles. The van der Waals surface area contributed by atoms with Gasteiger partial charge in [0.1, 0.15) is 0 Å². The molecule has 1 aliphatic heterocycles. The minimum absolute atomic E-state index is 0.126. The molecule has 0 aliphatic carbocycles. The number of aromatic nitrogens is 2. The third-order valence-electron chi connectivity index (χ3n) is 4.64. The van der Waals surface area contributed by atoms with E-state index in [1.54, 1.807) is 11.8 Å². The molecule has 140 valence electrons. The van der Waals surface area contributed by atoms with Crippen molar-refractivity contribution in [2.75, 3.05) is 25.5 Å². The number of benzene rings is 1. The third-order valence-corrected chi connectivity index (χ3v) is 4.64. The van der Waals surface area contributed by atoms with Gasteiger partial charge in [-0.05, 0) is 50.3 Å². The monoisotopic (exact) mass is 358 g/mol. The molecule has 0 spiro atoms. The molecule has 0 unspecified atom stereocenters. The van der Waals surface area contributed by atoms with Crippen molar-refractivity contribution in [3.8, 4) is 11.5 Å². The number of ether oxygens (including phenoxy) is 1. The Labute approximate surface area is 153 Å². The second kappa shape index (κ2) is 8.31. The van der Waals surface area contributed by atoms with Gasteiger partial charge in [0.05, 0.1) is 6.10 Å². The van der Waals surface area contributed by atoms with Crippen molar-refractivity contribution < 1.29 is 13.9 Å². The highest BCUT2D eigenvalue weighted by Crippen LogP contribution is 2.25. The van der Waals surface area contributed by atoms with Crippen molar-refractivity contribution in [2.45, 2.75) is 45.6 Å². The van der Waals surface area contributed by atoms with Gasteiger partial charge >= 0.3 is 6.03 Å². The summed E-state index contributed by atoms with van der Waals surface area (Å²) in [5.74, 6) is 0.958. The minimum atomic E-state index is -0.126. The lowest BCUT2D eigenvalue weighted by atomic mass is 10.1. The minimum Gasteiger partial charge on any atom is -0.421 e. The summed E-state index contributed by atoms with van der Waals surface area (Å²) in [6, 6.07) is 5.57. The number of amides is 2. The molecule has 0 radical (unpaired) electrons. The molecular weight excluding hydrogens is 332 g/mol. The Kier molecular flexibility index (Phi) is 5.88. The van der Waals surface area contributed by atoms with E-state index < -0.39 is 0 Å². The van der Waals surface area contributed by atoms with Gasteiger partial charge in [-0.1, -0.05) is 6.07 Å². The number of anilines is 1. The Bertz CT molecular complexity index is 753. The maximum absolute atomic E-state index is 12.5. The first kappa shape index (κ1) is 18.4. The number of carbonyl (C=O) groups excluding carboxylic acids is 1. The van der Waals surface area contributed by atoms with E-state index in [1.165, 1.54) is 0 Å². The maximum Gasteiger partial charge on any atom is 0.321 e. The number of carbonyl (C=O) groups is 1. The van der Waals surface area contributed by atoms with E-state index in [4.69, 9.17) is 9.15 Å². The van der Waals surface area contributed by atoms with Crippen LogP contribution in [0.3, 0.4) is 0 Å². The van der Waals surface area contributed by atoms with Crippen LogP contribution in [0.2, 0.25) is 0 Å². The maximum atomic E-state index is 12.5. The average molecular weight is 358 g/mol. The molecule has 7 heteroatoms. The zero-order valence-corrected chi connectivity index (χ0v) is 15.6. The lowest BCUT2D eigenvalue weighted by Crippen LogP contribution is -2.32. The van der Waals surface area contributed by atoms with Crippen molar-refractivity contribution in [2.24, 2.45) is 0 Å². The summed E-state index contributed by atoms with van der Waals surface area (Å²) in [6.45, 7) is 5.28. The van der Waals surface area contributed by atoms with Crippen LogP contribution < -0.4 is 5.32 Å². The van der Waals surface area contributed by atoms with Crippen molar-refractivity contribution in [3.05, 3.63) is 29.7 Å². The number of hydrogen-bond acceptors (Lipinski definition) is 5. The summed E-state index contributed by atoms with van der Waals surface area (Å²) in [5.41, 5.74) is 2.51. The summed E-state index contributed by atoms with van der Waals surface area (Å²) in [4.78, 5) is 14.2. The predicted octanol–water partition coefficient (Wildman–Crippen LogP) is 3.78. The fourth-order valence-electron chi connectivity index (χ4n) is 3.04. The normalized spacial score (nSPS) is 16.7. The number of rotatable bonds is 6. The van der Waals surface area contributed by atoms with Gasteiger partial charge in [0, 0.05) is 38.4 Å². The lowest BCUT2D eigenvalue weighted by Gasteiger charge is -2.20. The Hall–Kier alpha value is -2.41. The molecule has 1 aliphatic rings. The molecule has 3 rings (SSSR count). The first-order chi connectivity index (χ1) is 12.5. The Balaban J connectivity index is 1.57. The van der Waals surface area contributed by atoms with Gasteiger partial charge in [0.25, 0.3) is 0 Å². The van der Waals surface area contributed by atoms with Gasteiger partial charge in [-0.3, -0.25) is 0 Å². The molecule has 2 heterocycles. The SMILES string of the molecule is Cc1nnc(-c2ccc(C)c(NC(=O)N(C)CCC[C@H]3CCCO3)c2)o1. The van der Waals surface area contributed by atoms with Crippen molar-refractivity contribution in [1.82, 2.24) is 15.1 Å². The van der Waals surface area contributed by atoms with Crippen LogP contribution in [0.5, 0.6) is 0 Å². The fourth-order valence-corrected chi connectivity index (χ4v) is 3.04. The van der Waals surface area contributed by atoms with E-state index in [0.29, 0.717) is 24.4 Å². The average Bonchev–Trinajstić information content (AvgIpc) is 3.28. The molecule has 0 saturated carbocycles. The molecule has 1 fully saturated rings. The van der Waals surface area contributed by atoms with Crippen molar-refractivity contribution >= 4 is 11.7 Å². The van der Waals surface area contributed by atoms with Gasteiger partial charge in [-0.15, -0.1) is 10.2 Å².